The molecule has 3 unspecified atom stereocenters. The van der Waals surface area contributed by atoms with Crippen molar-refractivity contribution in [1.82, 2.24) is 15.5 Å². The molecule has 0 bridgehead atoms. The number of carbonyl (C=O) groups excluding carboxylic acids is 2. The van der Waals surface area contributed by atoms with Crippen LogP contribution in [0.2, 0.25) is 0 Å². The van der Waals surface area contributed by atoms with E-state index in [0.717, 1.165) is 17.5 Å². The second kappa shape index (κ2) is 8.91. The van der Waals surface area contributed by atoms with Gasteiger partial charge in [0, 0.05) is 13.0 Å². The second-order valence-electron chi connectivity index (χ2n) is 7.47. The Bertz CT molecular complexity index is 804. The molecule has 3 rings (SSSR count). The minimum absolute atomic E-state index is 0.000403. The van der Waals surface area contributed by atoms with Gasteiger partial charge in [0.1, 0.15) is 0 Å². The van der Waals surface area contributed by atoms with Crippen LogP contribution >= 0.6 is 0 Å². The molecule has 0 spiro atoms. The fourth-order valence-electron chi connectivity index (χ4n) is 3.66. The standard InChI is InChI=1S/C23H29N3O2/c1-4-18-10-12-19(13-11-18)16(2)24-23(28)25-21-14-22(27)26(15-21)17(3)20-8-6-5-7-9-20/h5-13,16-17,21H,4,14-15H2,1-3H3,(H2,24,25,28). The van der Waals surface area contributed by atoms with Crippen LogP contribution in [0.3, 0.4) is 0 Å². The van der Waals surface area contributed by atoms with Gasteiger partial charge in [-0.25, -0.2) is 4.79 Å². The maximum Gasteiger partial charge on any atom is 0.315 e. The summed E-state index contributed by atoms with van der Waals surface area (Å²) in [6.45, 7) is 6.64. The van der Waals surface area contributed by atoms with E-state index in [9.17, 15) is 9.59 Å². The lowest BCUT2D eigenvalue weighted by atomic mass is 10.1. The fourth-order valence-corrected chi connectivity index (χ4v) is 3.66. The van der Waals surface area contributed by atoms with Crippen LogP contribution in [0, 0.1) is 0 Å². The second-order valence-corrected chi connectivity index (χ2v) is 7.47. The van der Waals surface area contributed by atoms with Gasteiger partial charge >= 0.3 is 6.03 Å². The number of aryl methyl sites for hydroxylation is 1. The molecule has 1 saturated heterocycles. The molecule has 3 amide bonds. The van der Waals surface area contributed by atoms with Gasteiger partial charge in [0.25, 0.3) is 0 Å². The van der Waals surface area contributed by atoms with Gasteiger partial charge in [0.15, 0.2) is 0 Å². The van der Waals surface area contributed by atoms with Gasteiger partial charge in [-0.1, -0.05) is 61.5 Å². The molecule has 28 heavy (non-hydrogen) atoms. The van der Waals surface area contributed by atoms with Gasteiger partial charge < -0.3 is 15.5 Å². The lowest BCUT2D eigenvalue weighted by Crippen LogP contribution is -2.44. The number of hydrogen-bond acceptors (Lipinski definition) is 2. The van der Waals surface area contributed by atoms with Crippen LogP contribution in [0.25, 0.3) is 0 Å². The molecule has 0 radical (unpaired) electrons. The third kappa shape index (κ3) is 4.71. The summed E-state index contributed by atoms with van der Waals surface area (Å²) >= 11 is 0. The summed E-state index contributed by atoms with van der Waals surface area (Å²) in [7, 11) is 0. The average Bonchev–Trinajstić information content (AvgIpc) is 3.07. The van der Waals surface area contributed by atoms with Crippen molar-refractivity contribution >= 4 is 11.9 Å². The Morgan fingerprint density at radius 3 is 2.39 bits per heavy atom. The van der Waals surface area contributed by atoms with Crippen molar-refractivity contribution in [3.05, 3.63) is 71.3 Å². The lowest BCUT2D eigenvalue weighted by Gasteiger charge is -2.25. The highest BCUT2D eigenvalue weighted by molar-refractivity contribution is 5.82. The SMILES string of the molecule is CCc1ccc(C(C)NC(=O)NC2CC(=O)N(C(C)c3ccccc3)C2)cc1. The van der Waals surface area contributed by atoms with Crippen LogP contribution in [-0.2, 0) is 11.2 Å². The molecule has 0 aromatic heterocycles. The molecule has 0 saturated carbocycles. The topological polar surface area (TPSA) is 61.4 Å². The summed E-state index contributed by atoms with van der Waals surface area (Å²) in [6.07, 6.45) is 1.33. The predicted molar refractivity (Wildman–Crippen MR) is 111 cm³/mol. The smallest absolute Gasteiger partial charge is 0.315 e. The van der Waals surface area contributed by atoms with E-state index in [2.05, 4.69) is 29.7 Å². The van der Waals surface area contributed by atoms with E-state index in [4.69, 9.17) is 0 Å². The number of benzene rings is 2. The van der Waals surface area contributed by atoms with Crippen molar-refractivity contribution in [2.75, 3.05) is 6.54 Å². The zero-order valence-corrected chi connectivity index (χ0v) is 16.8. The molecular formula is C23H29N3O2. The van der Waals surface area contributed by atoms with E-state index in [1.807, 2.05) is 61.2 Å². The Kier molecular flexibility index (Phi) is 6.34. The van der Waals surface area contributed by atoms with E-state index in [1.165, 1.54) is 5.56 Å². The molecule has 1 aliphatic rings. The first-order chi connectivity index (χ1) is 13.5. The van der Waals surface area contributed by atoms with E-state index < -0.39 is 0 Å². The molecule has 1 fully saturated rings. The van der Waals surface area contributed by atoms with Gasteiger partial charge in [-0.2, -0.15) is 0 Å². The summed E-state index contributed by atoms with van der Waals surface area (Å²) in [5.74, 6) is 0.0739. The molecule has 2 N–H and O–H groups in total. The van der Waals surface area contributed by atoms with Crippen molar-refractivity contribution < 1.29 is 9.59 Å². The lowest BCUT2D eigenvalue weighted by molar-refractivity contribution is -0.129. The average molecular weight is 380 g/mol. The number of urea groups is 1. The van der Waals surface area contributed by atoms with Gasteiger partial charge in [0.2, 0.25) is 5.91 Å². The quantitative estimate of drug-likeness (QED) is 0.798. The predicted octanol–water partition coefficient (Wildman–Crippen LogP) is 3.97. The minimum atomic E-state index is -0.237. The van der Waals surface area contributed by atoms with Crippen LogP contribution < -0.4 is 10.6 Å². The number of nitrogens with zero attached hydrogens (tertiary/aromatic N) is 1. The number of likely N-dealkylation sites (tertiary alicyclic amines) is 1. The van der Waals surface area contributed by atoms with Crippen LogP contribution in [0.5, 0.6) is 0 Å². The van der Waals surface area contributed by atoms with Gasteiger partial charge in [-0.15, -0.1) is 0 Å². The summed E-state index contributed by atoms with van der Waals surface area (Å²) in [4.78, 5) is 26.7. The molecule has 1 heterocycles. The van der Waals surface area contributed by atoms with Crippen molar-refractivity contribution in [3.8, 4) is 0 Å². The number of rotatable bonds is 6. The van der Waals surface area contributed by atoms with Crippen molar-refractivity contribution in [2.24, 2.45) is 0 Å². The summed E-state index contributed by atoms with van der Waals surface area (Å²) in [5.41, 5.74) is 3.44. The van der Waals surface area contributed by atoms with Crippen LogP contribution in [0.4, 0.5) is 4.79 Å². The van der Waals surface area contributed by atoms with Crippen LogP contribution in [0.15, 0.2) is 54.6 Å². The van der Waals surface area contributed by atoms with Gasteiger partial charge in [0.05, 0.1) is 18.1 Å². The first-order valence-electron chi connectivity index (χ1n) is 9.98. The Balaban J connectivity index is 1.53. The van der Waals surface area contributed by atoms with Crippen molar-refractivity contribution in [3.63, 3.8) is 0 Å². The monoisotopic (exact) mass is 379 g/mol. The number of amides is 3. The Morgan fingerprint density at radius 1 is 1.07 bits per heavy atom. The number of nitrogens with one attached hydrogen (secondary N) is 2. The van der Waals surface area contributed by atoms with Gasteiger partial charge in [-0.3, -0.25) is 4.79 Å². The zero-order chi connectivity index (χ0) is 20.1. The third-order valence-corrected chi connectivity index (χ3v) is 5.48. The molecule has 148 valence electrons. The maximum atomic E-state index is 12.4. The van der Waals surface area contributed by atoms with Crippen molar-refractivity contribution in [2.45, 2.75) is 51.7 Å². The summed E-state index contributed by atoms with van der Waals surface area (Å²) in [6, 6.07) is 17.7. The molecule has 2 aromatic carbocycles. The van der Waals surface area contributed by atoms with Crippen molar-refractivity contribution in [1.29, 1.82) is 0 Å². The Labute approximate surface area is 167 Å². The molecule has 5 heteroatoms. The van der Waals surface area contributed by atoms with E-state index in [1.54, 1.807) is 0 Å². The first kappa shape index (κ1) is 19.9. The summed E-state index contributed by atoms with van der Waals surface area (Å²) in [5, 5.41) is 5.93. The maximum absolute atomic E-state index is 12.4. The third-order valence-electron chi connectivity index (χ3n) is 5.48. The van der Waals surface area contributed by atoms with E-state index >= 15 is 0 Å². The van der Waals surface area contributed by atoms with E-state index in [0.29, 0.717) is 13.0 Å². The summed E-state index contributed by atoms with van der Waals surface area (Å²) < 4.78 is 0. The Morgan fingerprint density at radius 2 is 1.75 bits per heavy atom. The fraction of sp³-hybridized carbons (Fsp3) is 0.391. The molecular weight excluding hydrogens is 350 g/mol. The van der Waals surface area contributed by atoms with Gasteiger partial charge in [-0.05, 0) is 37.0 Å². The largest absolute Gasteiger partial charge is 0.334 e. The number of carbonyl (C=O) groups is 2. The zero-order valence-electron chi connectivity index (χ0n) is 16.8. The van der Waals surface area contributed by atoms with Crippen LogP contribution in [-0.4, -0.2) is 29.4 Å². The number of hydrogen-bond donors (Lipinski definition) is 2. The highest BCUT2D eigenvalue weighted by atomic mass is 16.2. The molecule has 3 atom stereocenters. The highest BCUT2D eigenvalue weighted by Crippen LogP contribution is 2.25. The van der Waals surface area contributed by atoms with E-state index in [-0.39, 0.29) is 30.1 Å². The normalized spacial score (nSPS) is 18.6. The highest BCUT2D eigenvalue weighted by Gasteiger charge is 2.34. The molecule has 1 aliphatic heterocycles. The first-order valence-corrected chi connectivity index (χ1v) is 9.98. The molecule has 5 nitrogen and oxygen atoms in total. The molecule has 0 aliphatic carbocycles. The Hall–Kier alpha value is -2.82. The molecule has 2 aromatic rings. The minimum Gasteiger partial charge on any atom is -0.334 e. The van der Waals surface area contributed by atoms with Crippen LogP contribution in [0.1, 0.15) is 56.0 Å².